The molecule has 5 nitrogen and oxygen atoms in total. The smallest absolute Gasteiger partial charge is 0.410 e. The van der Waals surface area contributed by atoms with Crippen molar-refractivity contribution in [3.05, 3.63) is 36.2 Å². The molecule has 25 heavy (non-hydrogen) atoms. The molecular formula is C20H28N2O3. The molecule has 1 fully saturated rings. The highest BCUT2D eigenvalue weighted by Crippen LogP contribution is 2.23. The fraction of sp³-hybridized carbons (Fsp3) is 0.550. The Labute approximate surface area is 150 Å². The second-order valence-electron chi connectivity index (χ2n) is 7.82. The molecule has 1 aromatic rings. The van der Waals surface area contributed by atoms with Gasteiger partial charge in [0.15, 0.2) is 0 Å². The molecule has 1 amide bonds. The van der Waals surface area contributed by atoms with Crippen LogP contribution in [0.3, 0.4) is 0 Å². The van der Waals surface area contributed by atoms with Crippen molar-refractivity contribution in [1.29, 1.82) is 0 Å². The molecule has 1 saturated heterocycles. The molecule has 5 heteroatoms. The van der Waals surface area contributed by atoms with Crippen molar-refractivity contribution in [3.63, 3.8) is 0 Å². The van der Waals surface area contributed by atoms with Crippen LogP contribution in [0.2, 0.25) is 0 Å². The minimum absolute atomic E-state index is 0.159. The normalized spacial score (nSPS) is 17.4. The van der Waals surface area contributed by atoms with Crippen molar-refractivity contribution in [2.75, 3.05) is 13.1 Å². The Morgan fingerprint density at radius 1 is 1.36 bits per heavy atom. The number of hydrogen-bond donors (Lipinski definition) is 0. The van der Waals surface area contributed by atoms with E-state index in [1.165, 1.54) is 0 Å². The van der Waals surface area contributed by atoms with Crippen LogP contribution in [-0.4, -0.2) is 40.5 Å². The lowest BCUT2D eigenvalue weighted by molar-refractivity contribution is -0.119. The molecule has 2 heterocycles. The van der Waals surface area contributed by atoms with E-state index in [0.29, 0.717) is 25.9 Å². The Balaban J connectivity index is 1.81. The summed E-state index contributed by atoms with van der Waals surface area (Å²) in [6, 6.07) is 3.82. The summed E-state index contributed by atoms with van der Waals surface area (Å²) in [5.74, 6) is 0.362. The lowest BCUT2D eigenvalue weighted by Gasteiger charge is -2.24. The highest BCUT2D eigenvalue weighted by Gasteiger charge is 2.30. The molecule has 136 valence electrons. The van der Waals surface area contributed by atoms with Gasteiger partial charge in [-0.2, -0.15) is 0 Å². The summed E-state index contributed by atoms with van der Waals surface area (Å²) in [5, 5.41) is 0. The first kappa shape index (κ1) is 19.2. The number of carbonyl (C=O) groups excluding carboxylic acids is 2. The van der Waals surface area contributed by atoms with Crippen LogP contribution >= 0.6 is 0 Å². The Hall–Kier alpha value is -2.17. The van der Waals surface area contributed by atoms with Gasteiger partial charge < -0.3 is 9.64 Å². The number of likely N-dealkylation sites (tertiary alicyclic amines) is 1. The van der Waals surface area contributed by atoms with Gasteiger partial charge in [0.1, 0.15) is 11.4 Å². The zero-order valence-corrected chi connectivity index (χ0v) is 15.7. The molecular weight excluding hydrogens is 316 g/mol. The molecule has 2 rings (SSSR count). The van der Waals surface area contributed by atoms with Crippen LogP contribution < -0.4 is 0 Å². The topological polar surface area (TPSA) is 59.5 Å². The molecule has 0 unspecified atom stereocenters. The molecule has 0 radical (unpaired) electrons. The van der Waals surface area contributed by atoms with Gasteiger partial charge in [-0.1, -0.05) is 12.6 Å². The molecule has 0 aromatic carbocycles. The van der Waals surface area contributed by atoms with Crippen molar-refractivity contribution in [3.8, 4) is 0 Å². The van der Waals surface area contributed by atoms with Gasteiger partial charge in [0.05, 0.1) is 0 Å². The number of ketones is 1. The average Bonchev–Trinajstić information content (AvgIpc) is 2.94. The molecule has 0 N–H and O–H groups in total. The molecule has 1 aliphatic rings. The number of aromatic nitrogens is 1. The van der Waals surface area contributed by atoms with E-state index in [1.807, 2.05) is 39.8 Å². The van der Waals surface area contributed by atoms with Crippen molar-refractivity contribution in [2.45, 2.75) is 52.6 Å². The predicted molar refractivity (Wildman–Crippen MR) is 98.2 cm³/mol. The number of rotatable bonds is 5. The van der Waals surface area contributed by atoms with Gasteiger partial charge in [-0.25, -0.2) is 4.79 Å². The zero-order chi connectivity index (χ0) is 18.6. The van der Waals surface area contributed by atoms with Gasteiger partial charge in [-0.3, -0.25) is 9.78 Å². The molecule has 1 aromatic heterocycles. The molecule has 0 spiro atoms. The fourth-order valence-corrected chi connectivity index (χ4v) is 2.87. The number of amides is 1. The Morgan fingerprint density at radius 3 is 2.64 bits per heavy atom. The van der Waals surface area contributed by atoms with E-state index >= 15 is 0 Å². The van der Waals surface area contributed by atoms with Gasteiger partial charge in [0.25, 0.3) is 0 Å². The second-order valence-corrected chi connectivity index (χ2v) is 7.82. The summed E-state index contributed by atoms with van der Waals surface area (Å²) in [5.41, 5.74) is 2.22. The Kier molecular flexibility index (Phi) is 5.98. The summed E-state index contributed by atoms with van der Waals surface area (Å²) >= 11 is 0. The number of nitrogens with zero attached hydrogens (tertiary/aromatic N) is 2. The molecule has 0 bridgehead atoms. The van der Waals surface area contributed by atoms with Gasteiger partial charge in [-0.05, 0) is 57.2 Å². The van der Waals surface area contributed by atoms with E-state index in [0.717, 1.165) is 23.3 Å². The number of pyridine rings is 1. The first-order valence-corrected chi connectivity index (χ1v) is 8.74. The zero-order valence-electron chi connectivity index (χ0n) is 15.7. The third-order valence-corrected chi connectivity index (χ3v) is 4.15. The lowest BCUT2D eigenvalue weighted by atomic mass is 9.99. The standard InChI is InChI=1S/C20H28N2O3/c1-14(2)16-6-7-17(21-12-16)11-18(23)10-15-8-9-22(13-15)19(24)25-20(3,4)5/h6-7,12,15H,1,8-11,13H2,2-5H3/t15-/m1/s1. The van der Waals surface area contributed by atoms with Crippen molar-refractivity contribution in [1.82, 2.24) is 9.88 Å². The van der Waals surface area contributed by atoms with Crippen LogP contribution in [0.1, 0.15) is 51.8 Å². The number of allylic oxidation sites excluding steroid dienone is 1. The minimum Gasteiger partial charge on any atom is -0.444 e. The quantitative estimate of drug-likeness (QED) is 0.813. The molecule has 0 saturated carbocycles. The third-order valence-electron chi connectivity index (χ3n) is 4.15. The van der Waals surface area contributed by atoms with E-state index in [1.54, 1.807) is 11.1 Å². The number of Topliss-reactive ketones (excluding diaryl/α,β-unsaturated/α-hetero) is 1. The van der Waals surface area contributed by atoms with Gasteiger partial charge in [0.2, 0.25) is 0 Å². The lowest BCUT2D eigenvalue weighted by Crippen LogP contribution is -2.35. The van der Waals surface area contributed by atoms with E-state index < -0.39 is 5.60 Å². The fourth-order valence-electron chi connectivity index (χ4n) is 2.87. The monoisotopic (exact) mass is 344 g/mol. The third kappa shape index (κ3) is 6.00. The number of ether oxygens (including phenoxy) is 1. The van der Waals surface area contributed by atoms with Crippen LogP contribution in [0.5, 0.6) is 0 Å². The average molecular weight is 344 g/mol. The number of carbonyl (C=O) groups is 2. The van der Waals surface area contributed by atoms with E-state index in [-0.39, 0.29) is 17.8 Å². The highest BCUT2D eigenvalue weighted by atomic mass is 16.6. The summed E-state index contributed by atoms with van der Waals surface area (Å²) in [4.78, 5) is 30.4. The summed E-state index contributed by atoms with van der Waals surface area (Å²) in [6.07, 6.45) is 3.11. The minimum atomic E-state index is -0.493. The van der Waals surface area contributed by atoms with Crippen LogP contribution in [-0.2, 0) is 16.0 Å². The molecule has 0 aliphatic carbocycles. The maximum atomic E-state index is 12.3. The number of hydrogen-bond acceptors (Lipinski definition) is 4. The first-order chi connectivity index (χ1) is 11.6. The van der Waals surface area contributed by atoms with Crippen molar-refractivity contribution >= 4 is 17.4 Å². The summed E-state index contributed by atoms with van der Waals surface area (Å²) < 4.78 is 5.39. The van der Waals surface area contributed by atoms with Crippen LogP contribution in [0.25, 0.3) is 5.57 Å². The van der Waals surface area contributed by atoms with E-state index in [2.05, 4.69) is 11.6 Å². The largest absolute Gasteiger partial charge is 0.444 e. The SMILES string of the molecule is C=C(C)c1ccc(CC(=O)C[C@H]2CCN(C(=O)OC(C)(C)C)C2)nc1. The van der Waals surface area contributed by atoms with E-state index in [9.17, 15) is 9.59 Å². The highest BCUT2D eigenvalue weighted by molar-refractivity contribution is 5.81. The summed E-state index contributed by atoms with van der Waals surface area (Å²) in [6.45, 7) is 12.6. The van der Waals surface area contributed by atoms with E-state index in [4.69, 9.17) is 4.74 Å². The Bertz CT molecular complexity index is 644. The van der Waals surface area contributed by atoms with Gasteiger partial charge in [0, 0.05) is 37.8 Å². The maximum Gasteiger partial charge on any atom is 0.410 e. The van der Waals surface area contributed by atoms with Crippen LogP contribution in [0.4, 0.5) is 4.79 Å². The molecule has 1 atom stereocenters. The first-order valence-electron chi connectivity index (χ1n) is 8.74. The van der Waals surface area contributed by atoms with Crippen LogP contribution in [0.15, 0.2) is 24.9 Å². The van der Waals surface area contributed by atoms with Crippen molar-refractivity contribution in [2.24, 2.45) is 5.92 Å². The maximum absolute atomic E-state index is 12.3. The summed E-state index contributed by atoms with van der Waals surface area (Å²) in [7, 11) is 0. The van der Waals surface area contributed by atoms with Gasteiger partial charge >= 0.3 is 6.09 Å². The Morgan fingerprint density at radius 2 is 2.08 bits per heavy atom. The van der Waals surface area contributed by atoms with Crippen molar-refractivity contribution < 1.29 is 14.3 Å². The van der Waals surface area contributed by atoms with Gasteiger partial charge in [-0.15, -0.1) is 0 Å². The second kappa shape index (κ2) is 7.81. The predicted octanol–water partition coefficient (Wildman–Crippen LogP) is 3.87. The molecule has 1 aliphatic heterocycles. The van der Waals surface area contributed by atoms with Crippen LogP contribution in [0, 0.1) is 5.92 Å².